The number of alkyl halides is 3. The minimum Gasteiger partial charge on any atom is -0.466 e. The summed E-state index contributed by atoms with van der Waals surface area (Å²) in [6.07, 6.45) is -1.48. The summed E-state index contributed by atoms with van der Waals surface area (Å²) in [6, 6.07) is 0. The molecule has 27 heavy (non-hydrogen) atoms. The largest absolute Gasteiger partial charge is 0.466 e. The second-order valence-corrected chi connectivity index (χ2v) is 6.98. The van der Waals surface area contributed by atoms with Crippen molar-refractivity contribution >= 4 is 17.8 Å². The van der Waals surface area contributed by atoms with E-state index in [1.807, 2.05) is 5.32 Å². The number of esters is 1. The van der Waals surface area contributed by atoms with Crippen molar-refractivity contribution in [2.24, 2.45) is 5.92 Å². The number of hydrogen-bond acceptors (Lipinski definition) is 4. The standard InChI is InChI=1S/C18H25F3N2O4/c1-4-10-23-11(2)13(15(25)27-3)17(16(23)26,18(19,20)21)22-14(24)12-8-6-5-7-9-12/h12H,4-10H2,1-3H3,(H,22,24)/t17-/m0/s1. The van der Waals surface area contributed by atoms with E-state index in [2.05, 4.69) is 4.74 Å². The zero-order valence-electron chi connectivity index (χ0n) is 15.7. The van der Waals surface area contributed by atoms with Gasteiger partial charge < -0.3 is 15.0 Å². The molecule has 1 fully saturated rings. The van der Waals surface area contributed by atoms with E-state index in [4.69, 9.17) is 0 Å². The van der Waals surface area contributed by atoms with Crippen molar-refractivity contribution in [2.75, 3.05) is 13.7 Å². The molecule has 152 valence electrons. The number of rotatable bonds is 5. The van der Waals surface area contributed by atoms with Crippen LogP contribution in [0.1, 0.15) is 52.4 Å². The van der Waals surface area contributed by atoms with Gasteiger partial charge in [-0.2, -0.15) is 13.2 Å². The van der Waals surface area contributed by atoms with Gasteiger partial charge >= 0.3 is 12.1 Å². The summed E-state index contributed by atoms with van der Waals surface area (Å²) < 4.78 is 47.2. The minimum absolute atomic E-state index is 0.00227. The number of nitrogens with one attached hydrogen (secondary N) is 1. The molecule has 0 aromatic heterocycles. The van der Waals surface area contributed by atoms with Gasteiger partial charge in [-0.05, 0) is 26.2 Å². The van der Waals surface area contributed by atoms with Crippen LogP contribution in [0.25, 0.3) is 0 Å². The molecule has 6 nitrogen and oxygen atoms in total. The van der Waals surface area contributed by atoms with Crippen LogP contribution in [-0.2, 0) is 19.1 Å². The highest BCUT2D eigenvalue weighted by Crippen LogP contribution is 2.45. The molecule has 1 atom stereocenters. The number of halogens is 3. The fourth-order valence-corrected chi connectivity index (χ4v) is 3.87. The number of amides is 2. The topological polar surface area (TPSA) is 75.7 Å². The molecule has 0 spiro atoms. The van der Waals surface area contributed by atoms with E-state index in [9.17, 15) is 27.6 Å². The molecular formula is C18H25F3N2O4. The predicted octanol–water partition coefficient (Wildman–Crippen LogP) is 2.68. The van der Waals surface area contributed by atoms with Crippen molar-refractivity contribution in [1.29, 1.82) is 0 Å². The van der Waals surface area contributed by atoms with Crippen LogP contribution in [0.4, 0.5) is 13.2 Å². The number of ether oxygens (including phenoxy) is 1. The third-order valence-corrected chi connectivity index (χ3v) is 5.26. The smallest absolute Gasteiger partial charge is 0.425 e. The maximum atomic E-state index is 14.2. The Labute approximate surface area is 156 Å². The number of carbonyl (C=O) groups excluding carboxylic acids is 3. The fourth-order valence-electron chi connectivity index (χ4n) is 3.87. The number of nitrogens with zero attached hydrogens (tertiary/aromatic N) is 1. The van der Waals surface area contributed by atoms with Gasteiger partial charge in [0.25, 0.3) is 5.91 Å². The molecule has 2 amide bonds. The first kappa shape index (κ1) is 21.2. The zero-order chi connectivity index (χ0) is 20.4. The molecular weight excluding hydrogens is 365 g/mol. The first-order valence-electron chi connectivity index (χ1n) is 9.12. The first-order valence-corrected chi connectivity index (χ1v) is 9.12. The SMILES string of the molecule is CCCN1C(=O)[C@](NC(=O)C2CCCCC2)(C(F)(F)F)C(C(=O)OC)=C1C. The minimum atomic E-state index is -5.19. The molecule has 0 unspecified atom stereocenters. The second-order valence-electron chi connectivity index (χ2n) is 6.98. The first-order chi connectivity index (χ1) is 12.6. The highest BCUT2D eigenvalue weighted by Gasteiger charge is 2.70. The number of hydrogen-bond donors (Lipinski definition) is 1. The van der Waals surface area contributed by atoms with Crippen molar-refractivity contribution in [3.8, 4) is 0 Å². The van der Waals surface area contributed by atoms with E-state index < -0.39 is 41.0 Å². The van der Waals surface area contributed by atoms with E-state index in [1.165, 1.54) is 6.92 Å². The summed E-state index contributed by atoms with van der Waals surface area (Å²) in [7, 11) is 0.944. The lowest BCUT2D eigenvalue weighted by Gasteiger charge is -2.34. The molecule has 1 aliphatic heterocycles. The lowest BCUT2D eigenvalue weighted by Crippen LogP contribution is -2.67. The molecule has 0 bridgehead atoms. The van der Waals surface area contributed by atoms with Gasteiger partial charge in [0.15, 0.2) is 0 Å². The van der Waals surface area contributed by atoms with E-state index in [-0.39, 0.29) is 12.2 Å². The van der Waals surface area contributed by atoms with E-state index >= 15 is 0 Å². The summed E-state index contributed by atoms with van der Waals surface area (Å²) in [5.41, 5.74) is -4.41. The van der Waals surface area contributed by atoms with Crippen LogP contribution in [0.5, 0.6) is 0 Å². The molecule has 9 heteroatoms. The summed E-state index contributed by atoms with van der Waals surface area (Å²) in [4.78, 5) is 38.6. The maximum absolute atomic E-state index is 14.2. The van der Waals surface area contributed by atoms with Gasteiger partial charge in [-0.15, -0.1) is 0 Å². The molecule has 0 aromatic rings. The third kappa shape index (κ3) is 3.55. The maximum Gasteiger partial charge on any atom is 0.425 e. The van der Waals surface area contributed by atoms with Gasteiger partial charge in [0.05, 0.1) is 7.11 Å². The van der Waals surface area contributed by atoms with Gasteiger partial charge in [-0.1, -0.05) is 26.2 Å². The highest BCUT2D eigenvalue weighted by molar-refractivity contribution is 6.10. The van der Waals surface area contributed by atoms with Crippen molar-refractivity contribution in [1.82, 2.24) is 10.2 Å². The molecule has 2 aliphatic rings. The molecule has 1 aliphatic carbocycles. The van der Waals surface area contributed by atoms with E-state index in [0.717, 1.165) is 31.3 Å². The average Bonchev–Trinajstić information content (AvgIpc) is 2.84. The van der Waals surface area contributed by atoms with Crippen LogP contribution >= 0.6 is 0 Å². The highest BCUT2D eigenvalue weighted by atomic mass is 19.4. The van der Waals surface area contributed by atoms with E-state index in [1.54, 1.807) is 6.92 Å². The van der Waals surface area contributed by atoms with Crippen LogP contribution < -0.4 is 5.32 Å². The van der Waals surface area contributed by atoms with Crippen LogP contribution in [0.3, 0.4) is 0 Å². The Balaban J connectivity index is 2.55. The van der Waals surface area contributed by atoms with Crippen LogP contribution in [0.2, 0.25) is 0 Å². The summed E-state index contributed by atoms with van der Waals surface area (Å²) in [5, 5.41) is 1.92. The monoisotopic (exact) mass is 390 g/mol. The lowest BCUT2D eigenvalue weighted by molar-refractivity contribution is -0.196. The Kier molecular flexibility index (Phi) is 6.21. The molecule has 1 N–H and O–H groups in total. The van der Waals surface area contributed by atoms with Gasteiger partial charge in [0.2, 0.25) is 11.4 Å². The number of carbonyl (C=O) groups is 3. The van der Waals surface area contributed by atoms with Gasteiger partial charge in [0.1, 0.15) is 5.57 Å². The van der Waals surface area contributed by atoms with Crippen LogP contribution in [-0.4, -0.2) is 48.1 Å². The Bertz CT molecular complexity index is 653. The number of methoxy groups -OCH3 is 1. The van der Waals surface area contributed by atoms with Crippen molar-refractivity contribution < 1.29 is 32.3 Å². The average molecular weight is 390 g/mol. The second kappa shape index (κ2) is 7.90. The van der Waals surface area contributed by atoms with Gasteiger partial charge in [-0.25, -0.2) is 4.79 Å². The fraction of sp³-hybridized carbons (Fsp3) is 0.722. The molecule has 0 aromatic carbocycles. The normalized spacial score (nSPS) is 24.4. The zero-order valence-corrected chi connectivity index (χ0v) is 15.7. The molecule has 1 saturated carbocycles. The van der Waals surface area contributed by atoms with Crippen molar-refractivity contribution in [2.45, 2.75) is 64.1 Å². The Morgan fingerprint density at radius 1 is 1.26 bits per heavy atom. The summed E-state index contributed by atoms with van der Waals surface area (Å²) >= 11 is 0. The predicted molar refractivity (Wildman–Crippen MR) is 90.2 cm³/mol. The van der Waals surface area contributed by atoms with Gasteiger partial charge in [-0.3, -0.25) is 9.59 Å². The van der Waals surface area contributed by atoms with Crippen molar-refractivity contribution in [3.05, 3.63) is 11.3 Å². The Morgan fingerprint density at radius 3 is 2.33 bits per heavy atom. The molecule has 0 radical (unpaired) electrons. The van der Waals surface area contributed by atoms with E-state index in [0.29, 0.717) is 19.3 Å². The lowest BCUT2D eigenvalue weighted by atomic mass is 9.85. The Hall–Kier alpha value is -2.06. The van der Waals surface area contributed by atoms with Crippen LogP contribution in [0, 0.1) is 5.92 Å². The molecule has 1 heterocycles. The summed E-state index contributed by atoms with van der Waals surface area (Å²) in [5.74, 6) is -4.10. The van der Waals surface area contributed by atoms with Crippen LogP contribution in [0.15, 0.2) is 11.3 Å². The Morgan fingerprint density at radius 2 is 1.85 bits per heavy atom. The van der Waals surface area contributed by atoms with Gasteiger partial charge in [0, 0.05) is 18.2 Å². The number of allylic oxidation sites excluding steroid dienone is 1. The van der Waals surface area contributed by atoms with Crippen molar-refractivity contribution in [3.63, 3.8) is 0 Å². The quantitative estimate of drug-likeness (QED) is 0.733. The summed E-state index contributed by atoms with van der Waals surface area (Å²) in [6.45, 7) is 2.97. The third-order valence-electron chi connectivity index (χ3n) is 5.26. The molecule has 0 saturated heterocycles. The molecule has 2 rings (SSSR count).